The van der Waals surface area contributed by atoms with Crippen molar-refractivity contribution in [1.82, 2.24) is 0 Å². The highest BCUT2D eigenvalue weighted by molar-refractivity contribution is 5.08. The molecule has 0 N–H and O–H groups in total. The predicted octanol–water partition coefficient (Wildman–Crippen LogP) is 3.55. The van der Waals surface area contributed by atoms with Crippen molar-refractivity contribution in [2.24, 2.45) is 11.8 Å². The lowest BCUT2D eigenvalue weighted by atomic mass is 10.2. The summed E-state index contributed by atoms with van der Waals surface area (Å²) in [7, 11) is 0. The molecule has 0 saturated heterocycles. The maximum absolute atomic E-state index is 3.78. The topological polar surface area (TPSA) is 0 Å². The highest BCUT2D eigenvalue weighted by atomic mass is 14.3. The molecule has 0 heteroatoms. The van der Waals surface area contributed by atoms with Gasteiger partial charge in [0.25, 0.3) is 0 Å². The van der Waals surface area contributed by atoms with Crippen LogP contribution in [0, 0.1) is 11.8 Å². The summed E-state index contributed by atoms with van der Waals surface area (Å²) in [5, 5.41) is 0. The quantitative estimate of drug-likeness (QED) is 0.415. The van der Waals surface area contributed by atoms with Crippen LogP contribution in [0.15, 0.2) is 24.8 Å². The first-order chi connectivity index (χ1) is 5.38. The highest BCUT2D eigenvalue weighted by Crippen LogP contribution is 2.40. The molecule has 1 rings (SSSR count). The zero-order valence-electron chi connectivity index (χ0n) is 7.42. The van der Waals surface area contributed by atoms with Gasteiger partial charge in [0.1, 0.15) is 0 Å². The number of hydrogen-bond donors (Lipinski definition) is 0. The Labute approximate surface area is 70.0 Å². The van der Waals surface area contributed by atoms with Gasteiger partial charge in [0.05, 0.1) is 0 Å². The molecule has 2 atom stereocenters. The molecule has 62 valence electrons. The number of rotatable bonds is 5. The molecule has 0 nitrogen and oxygen atoms in total. The molecule has 0 bridgehead atoms. The average Bonchev–Trinajstić information content (AvgIpc) is 2.77. The Morgan fingerprint density at radius 1 is 1.45 bits per heavy atom. The van der Waals surface area contributed by atoms with Crippen LogP contribution in [0.4, 0.5) is 0 Å². The highest BCUT2D eigenvalue weighted by Gasteiger charge is 2.31. The van der Waals surface area contributed by atoms with Gasteiger partial charge in [-0.15, -0.1) is 6.58 Å². The van der Waals surface area contributed by atoms with Gasteiger partial charge >= 0.3 is 0 Å². The number of hydrogen-bond acceptors (Lipinski definition) is 0. The summed E-state index contributed by atoms with van der Waals surface area (Å²) < 4.78 is 0. The Morgan fingerprint density at radius 2 is 2.27 bits per heavy atom. The molecule has 1 fully saturated rings. The second-order valence-corrected chi connectivity index (χ2v) is 3.37. The molecule has 0 unspecified atom stereocenters. The molecular weight excluding hydrogens is 132 g/mol. The fraction of sp³-hybridized carbons (Fsp3) is 0.636. The number of unbranched alkanes of at least 4 members (excludes halogenated alkanes) is 2. The monoisotopic (exact) mass is 150 g/mol. The minimum atomic E-state index is 0.799. The molecule has 0 radical (unpaired) electrons. The van der Waals surface area contributed by atoms with E-state index in [1.54, 1.807) is 0 Å². The van der Waals surface area contributed by atoms with E-state index in [1.165, 1.54) is 25.7 Å². The van der Waals surface area contributed by atoms with Crippen LogP contribution in [0.3, 0.4) is 0 Å². The van der Waals surface area contributed by atoms with E-state index in [0.29, 0.717) is 0 Å². The Kier molecular flexibility index (Phi) is 3.41. The van der Waals surface area contributed by atoms with E-state index in [4.69, 9.17) is 0 Å². The minimum Gasteiger partial charge on any atom is -0.103 e. The van der Waals surface area contributed by atoms with Gasteiger partial charge in [0.15, 0.2) is 0 Å². The van der Waals surface area contributed by atoms with Gasteiger partial charge in [0.2, 0.25) is 0 Å². The van der Waals surface area contributed by atoms with E-state index in [1.807, 2.05) is 0 Å². The van der Waals surface area contributed by atoms with E-state index < -0.39 is 0 Å². The van der Waals surface area contributed by atoms with Gasteiger partial charge in [-0.25, -0.2) is 0 Å². The summed E-state index contributed by atoms with van der Waals surface area (Å²) in [6, 6.07) is 0. The summed E-state index contributed by atoms with van der Waals surface area (Å²) in [5.41, 5.74) is 0. The smallest absolute Gasteiger partial charge is 0.0165 e. The van der Waals surface area contributed by atoms with Crippen molar-refractivity contribution < 1.29 is 0 Å². The second-order valence-electron chi connectivity index (χ2n) is 3.37. The van der Waals surface area contributed by atoms with Crippen LogP contribution in [-0.2, 0) is 0 Å². The van der Waals surface area contributed by atoms with E-state index in [0.717, 1.165) is 11.8 Å². The Balaban J connectivity index is 2.03. The summed E-state index contributed by atoms with van der Waals surface area (Å²) in [4.78, 5) is 0. The zero-order valence-corrected chi connectivity index (χ0v) is 7.42. The largest absolute Gasteiger partial charge is 0.103 e. The summed E-state index contributed by atoms with van der Waals surface area (Å²) >= 11 is 0. The molecule has 0 aromatic rings. The molecule has 1 aliphatic carbocycles. The average molecular weight is 150 g/mol. The van der Waals surface area contributed by atoms with Crippen LogP contribution in [-0.4, -0.2) is 0 Å². The lowest BCUT2D eigenvalue weighted by Crippen LogP contribution is -1.71. The lowest BCUT2D eigenvalue weighted by Gasteiger charge is -1.87. The number of allylic oxidation sites excluding steroid dienone is 3. The summed E-state index contributed by atoms with van der Waals surface area (Å²) in [6.45, 7) is 6.02. The van der Waals surface area contributed by atoms with Gasteiger partial charge in [0, 0.05) is 0 Å². The van der Waals surface area contributed by atoms with Crippen LogP contribution in [0.25, 0.3) is 0 Å². The molecule has 0 amide bonds. The second kappa shape index (κ2) is 4.38. The fourth-order valence-electron chi connectivity index (χ4n) is 1.32. The van der Waals surface area contributed by atoms with Gasteiger partial charge < -0.3 is 0 Å². The Hall–Kier alpha value is -0.520. The van der Waals surface area contributed by atoms with Crippen LogP contribution in [0.1, 0.15) is 32.6 Å². The van der Waals surface area contributed by atoms with E-state index >= 15 is 0 Å². The van der Waals surface area contributed by atoms with Gasteiger partial charge in [-0.2, -0.15) is 0 Å². The first-order valence-electron chi connectivity index (χ1n) is 4.67. The zero-order chi connectivity index (χ0) is 8.10. The lowest BCUT2D eigenvalue weighted by molar-refractivity contribution is 0.810. The van der Waals surface area contributed by atoms with E-state index in [-0.39, 0.29) is 0 Å². The van der Waals surface area contributed by atoms with E-state index in [2.05, 4.69) is 31.7 Å². The molecular formula is C11H18. The van der Waals surface area contributed by atoms with Gasteiger partial charge in [-0.3, -0.25) is 0 Å². The molecule has 0 spiro atoms. The van der Waals surface area contributed by atoms with Crippen molar-refractivity contribution in [3.05, 3.63) is 24.8 Å². The predicted molar refractivity (Wildman–Crippen MR) is 50.5 cm³/mol. The van der Waals surface area contributed by atoms with Crippen molar-refractivity contribution in [3.8, 4) is 0 Å². The third kappa shape index (κ3) is 2.92. The SMILES string of the molecule is C=C[C@@H]1C[C@H]1/C=C/CCCC. The van der Waals surface area contributed by atoms with Crippen LogP contribution in [0.5, 0.6) is 0 Å². The molecule has 0 aliphatic heterocycles. The van der Waals surface area contributed by atoms with E-state index in [9.17, 15) is 0 Å². The van der Waals surface area contributed by atoms with Crippen molar-refractivity contribution in [2.75, 3.05) is 0 Å². The van der Waals surface area contributed by atoms with Crippen LogP contribution >= 0.6 is 0 Å². The van der Waals surface area contributed by atoms with Crippen LogP contribution in [0.2, 0.25) is 0 Å². The van der Waals surface area contributed by atoms with Crippen molar-refractivity contribution in [3.63, 3.8) is 0 Å². The first kappa shape index (κ1) is 8.58. The first-order valence-corrected chi connectivity index (χ1v) is 4.67. The molecule has 1 aliphatic rings. The fourth-order valence-corrected chi connectivity index (χ4v) is 1.32. The third-order valence-electron chi connectivity index (χ3n) is 2.30. The Morgan fingerprint density at radius 3 is 2.82 bits per heavy atom. The summed E-state index contributed by atoms with van der Waals surface area (Å²) in [5.74, 6) is 1.64. The van der Waals surface area contributed by atoms with Crippen molar-refractivity contribution in [2.45, 2.75) is 32.6 Å². The van der Waals surface area contributed by atoms with Gasteiger partial charge in [-0.05, 0) is 24.7 Å². The molecule has 0 aromatic heterocycles. The van der Waals surface area contributed by atoms with Crippen molar-refractivity contribution in [1.29, 1.82) is 0 Å². The maximum Gasteiger partial charge on any atom is -0.0165 e. The minimum absolute atomic E-state index is 0.799. The Bertz CT molecular complexity index is 144. The standard InChI is InChI=1S/C11H18/c1-3-5-6-7-8-11-9-10(11)4-2/h4,7-8,10-11H,2-3,5-6,9H2,1H3/b8-7+/t10-,11-/m1/s1. The summed E-state index contributed by atoms with van der Waals surface area (Å²) in [6.07, 6.45) is 12.0. The molecule has 0 heterocycles. The third-order valence-corrected chi connectivity index (χ3v) is 2.30. The normalized spacial score (nSPS) is 29.2. The molecule has 1 saturated carbocycles. The van der Waals surface area contributed by atoms with Crippen LogP contribution < -0.4 is 0 Å². The maximum atomic E-state index is 3.78. The van der Waals surface area contributed by atoms with Crippen molar-refractivity contribution >= 4 is 0 Å². The van der Waals surface area contributed by atoms with Gasteiger partial charge in [-0.1, -0.05) is 38.0 Å². The molecule has 0 aromatic carbocycles. The molecule has 11 heavy (non-hydrogen) atoms.